The van der Waals surface area contributed by atoms with E-state index in [2.05, 4.69) is 48.9 Å². The van der Waals surface area contributed by atoms with E-state index < -0.39 is 0 Å². The standard InChI is InChI=1S/C18H26N2O/c1-14-6-7-18-16(13-14)15(2)17(21-18)5-4-8-20-11-9-19(3)10-12-20/h6-7,13H,4-5,8-12H2,1-3H3. The zero-order chi connectivity index (χ0) is 14.8. The van der Waals surface area contributed by atoms with Crippen LogP contribution in [0.5, 0.6) is 0 Å². The van der Waals surface area contributed by atoms with Crippen molar-refractivity contribution in [3.05, 3.63) is 35.1 Å². The molecule has 3 heteroatoms. The predicted octanol–water partition coefficient (Wildman–Crippen LogP) is 3.23. The minimum Gasteiger partial charge on any atom is -0.461 e. The van der Waals surface area contributed by atoms with Gasteiger partial charge in [-0.25, -0.2) is 0 Å². The van der Waals surface area contributed by atoms with Gasteiger partial charge < -0.3 is 14.2 Å². The number of rotatable bonds is 4. The first-order chi connectivity index (χ1) is 10.1. The van der Waals surface area contributed by atoms with Gasteiger partial charge in [0.25, 0.3) is 0 Å². The number of piperazine rings is 1. The SMILES string of the molecule is Cc1ccc2oc(CCCN3CCN(C)CC3)c(C)c2c1. The zero-order valence-electron chi connectivity index (χ0n) is 13.5. The lowest BCUT2D eigenvalue weighted by atomic mass is 10.1. The fraction of sp³-hybridized carbons (Fsp3) is 0.556. The molecule has 1 aromatic heterocycles. The summed E-state index contributed by atoms with van der Waals surface area (Å²) in [5.74, 6) is 1.17. The van der Waals surface area contributed by atoms with Crippen LogP contribution in [0.3, 0.4) is 0 Å². The summed E-state index contributed by atoms with van der Waals surface area (Å²) in [7, 11) is 2.21. The van der Waals surface area contributed by atoms with Crippen molar-refractivity contribution in [3.63, 3.8) is 0 Å². The molecule has 1 aliphatic rings. The third kappa shape index (κ3) is 3.30. The highest BCUT2D eigenvalue weighted by atomic mass is 16.3. The van der Waals surface area contributed by atoms with E-state index in [1.165, 1.54) is 61.4 Å². The number of benzene rings is 1. The van der Waals surface area contributed by atoms with Crippen LogP contribution in [0.15, 0.2) is 22.6 Å². The van der Waals surface area contributed by atoms with Gasteiger partial charge in [-0.05, 0) is 51.6 Å². The molecule has 0 N–H and O–H groups in total. The molecule has 0 spiro atoms. The molecule has 0 atom stereocenters. The molecule has 0 bridgehead atoms. The Hall–Kier alpha value is -1.32. The molecule has 114 valence electrons. The fourth-order valence-corrected chi connectivity index (χ4v) is 3.16. The summed E-state index contributed by atoms with van der Waals surface area (Å²) in [6.07, 6.45) is 2.23. The second-order valence-corrected chi connectivity index (χ2v) is 6.40. The Labute approximate surface area is 127 Å². The number of hydrogen-bond donors (Lipinski definition) is 0. The van der Waals surface area contributed by atoms with Crippen LogP contribution < -0.4 is 0 Å². The van der Waals surface area contributed by atoms with Gasteiger partial charge in [-0.15, -0.1) is 0 Å². The molecule has 2 aromatic rings. The molecule has 0 saturated carbocycles. The van der Waals surface area contributed by atoms with Crippen LogP contribution >= 0.6 is 0 Å². The molecule has 1 fully saturated rings. The second-order valence-electron chi connectivity index (χ2n) is 6.40. The number of hydrogen-bond acceptors (Lipinski definition) is 3. The molecule has 0 amide bonds. The lowest BCUT2D eigenvalue weighted by Gasteiger charge is -2.32. The van der Waals surface area contributed by atoms with Crippen LogP contribution in [0.25, 0.3) is 11.0 Å². The lowest BCUT2D eigenvalue weighted by Crippen LogP contribution is -2.44. The largest absolute Gasteiger partial charge is 0.461 e. The van der Waals surface area contributed by atoms with E-state index in [4.69, 9.17) is 4.42 Å². The van der Waals surface area contributed by atoms with Crippen LogP contribution in [-0.4, -0.2) is 49.6 Å². The van der Waals surface area contributed by atoms with E-state index in [0.29, 0.717) is 0 Å². The van der Waals surface area contributed by atoms with E-state index in [9.17, 15) is 0 Å². The van der Waals surface area contributed by atoms with Gasteiger partial charge in [-0.2, -0.15) is 0 Å². The third-order valence-electron chi connectivity index (χ3n) is 4.66. The van der Waals surface area contributed by atoms with E-state index in [0.717, 1.165) is 12.0 Å². The highest BCUT2D eigenvalue weighted by Gasteiger charge is 2.14. The summed E-state index contributed by atoms with van der Waals surface area (Å²) in [4.78, 5) is 4.98. The van der Waals surface area contributed by atoms with Crippen molar-refractivity contribution in [1.29, 1.82) is 0 Å². The van der Waals surface area contributed by atoms with Crippen molar-refractivity contribution >= 4 is 11.0 Å². The van der Waals surface area contributed by atoms with Crippen molar-refractivity contribution in [3.8, 4) is 0 Å². The van der Waals surface area contributed by atoms with Gasteiger partial charge in [0.2, 0.25) is 0 Å². The minimum absolute atomic E-state index is 1.03. The topological polar surface area (TPSA) is 19.6 Å². The first-order valence-electron chi connectivity index (χ1n) is 8.03. The van der Waals surface area contributed by atoms with Gasteiger partial charge in [-0.1, -0.05) is 11.6 Å². The van der Waals surface area contributed by atoms with Crippen molar-refractivity contribution in [2.45, 2.75) is 26.7 Å². The highest BCUT2D eigenvalue weighted by Crippen LogP contribution is 2.27. The molecule has 1 saturated heterocycles. The Morgan fingerprint density at radius 1 is 1.10 bits per heavy atom. The second kappa shape index (κ2) is 6.20. The summed E-state index contributed by atoms with van der Waals surface area (Å²) >= 11 is 0. The zero-order valence-corrected chi connectivity index (χ0v) is 13.5. The lowest BCUT2D eigenvalue weighted by molar-refractivity contribution is 0.152. The maximum absolute atomic E-state index is 6.03. The Balaban J connectivity index is 1.59. The molecule has 1 aliphatic heterocycles. The maximum atomic E-state index is 6.03. The summed E-state index contributed by atoms with van der Waals surface area (Å²) in [6, 6.07) is 6.46. The van der Waals surface area contributed by atoms with Gasteiger partial charge in [0.15, 0.2) is 0 Å². The molecular formula is C18H26N2O. The molecule has 3 nitrogen and oxygen atoms in total. The van der Waals surface area contributed by atoms with Crippen LogP contribution in [0.1, 0.15) is 23.3 Å². The fourth-order valence-electron chi connectivity index (χ4n) is 3.16. The molecule has 2 heterocycles. The van der Waals surface area contributed by atoms with Crippen molar-refractivity contribution < 1.29 is 4.42 Å². The number of furan rings is 1. The summed E-state index contributed by atoms with van der Waals surface area (Å²) in [5, 5.41) is 1.28. The van der Waals surface area contributed by atoms with Gasteiger partial charge in [0, 0.05) is 38.0 Å². The van der Waals surface area contributed by atoms with Gasteiger partial charge >= 0.3 is 0 Å². The Kier molecular flexibility index (Phi) is 4.32. The molecule has 3 rings (SSSR count). The van der Waals surface area contributed by atoms with Gasteiger partial charge in [0.1, 0.15) is 11.3 Å². The average molecular weight is 286 g/mol. The molecule has 21 heavy (non-hydrogen) atoms. The van der Waals surface area contributed by atoms with Crippen LogP contribution in [0.4, 0.5) is 0 Å². The Bertz CT molecular complexity index is 609. The van der Waals surface area contributed by atoms with E-state index in [-0.39, 0.29) is 0 Å². The van der Waals surface area contributed by atoms with E-state index in [1.807, 2.05) is 0 Å². The number of nitrogens with zero attached hydrogens (tertiary/aromatic N) is 2. The monoisotopic (exact) mass is 286 g/mol. The smallest absolute Gasteiger partial charge is 0.134 e. The first kappa shape index (κ1) is 14.6. The van der Waals surface area contributed by atoms with Gasteiger partial charge in [-0.3, -0.25) is 0 Å². The van der Waals surface area contributed by atoms with E-state index in [1.54, 1.807) is 0 Å². The van der Waals surface area contributed by atoms with Crippen molar-refractivity contribution in [2.24, 2.45) is 0 Å². The summed E-state index contributed by atoms with van der Waals surface area (Å²) < 4.78 is 6.03. The first-order valence-corrected chi connectivity index (χ1v) is 8.03. The normalized spacial score (nSPS) is 17.7. The molecule has 1 aromatic carbocycles. The molecule has 0 aliphatic carbocycles. The Morgan fingerprint density at radius 3 is 2.62 bits per heavy atom. The summed E-state index contributed by atoms with van der Waals surface area (Å²) in [5.41, 5.74) is 3.66. The Morgan fingerprint density at radius 2 is 1.86 bits per heavy atom. The van der Waals surface area contributed by atoms with Crippen molar-refractivity contribution in [2.75, 3.05) is 39.8 Å². The molecular weight excluding hydrogens is 260 g/mol. The third-order valence-corrected chi connectivity index (χ3v) is 4.66. The predicted molar refractivity (Wildman–Crippen MR) is 87.9 cm³/mol. The average Bonchev–Trinajstić information content (AvgIpc) is 2.78. The maximum Gasteiger partial charge on any atom is 0.134 e. The van der Waals surface area contributed by atoms with Crippen LogP contribution in [-0.2, 0) is 6.42 Å². The number of aryl methyl sites for hydroxylation is 3. The van der Waals surface area contributed by atoms with Gasteiger partial charge in [0.05, 0.1) is 0 Å². The molecule has 0 radical (unpaired) electrons. The minimum atomic E-state index is 1.03. The molecule has 0 unspecified atom stereocenters. The van der Waals surface area contributed by atoms with Crippen LogP contribution in [0.2, 0.25) is 0 Å². The highest BCUT2D eigenvalue weighted by molar-refractivity contribution is 5.82. The summed E-state index contributed by atoms with van der Waals surface area (Å²) in [6.45, 7) is 10.3. The van der Waals surface area contributed by atoms with E-state index >= 15 is 0 Å². The van der Waals surface area contributed by atoms with Crippen LogP contribution in [0, 0.1) is 13.8 Å². The van der Waals surface area contributed by atoms with Crippen molar-refractivity contribution in [1.82, 2.24) is 9.80 Å². The number of fused-ring (bicyclic) bond motifs is 1. The number of likely N-dealkylation sites (N-methyl/N-ethyl adjacent to an activating group) is 1. The quantitative estimate of drug-likeness (QED) is 0.860.